The number of esters is 3. The molecule has 47 heavy (non-hydrogen) atoms. The van der Waals surface area contributed by atoms with Crippen molar-refractivity contribution in [1.82, 2.24) is 9.80 Å². The minimum atomic E-state index is -1.52. The summed E-state index contributed by atoms with van der Waals surface area (Å²) in [5.41, 5.74) is 1.57. The molecule has 11 heteroatoms. The highest BCUT2D eigenvalue weighted by Gasteiger charge is 2.36. The Labute approximate surface area is 278 Å². The molecule has 0 radical (unpaired) electrons. The zero-order valence-corrected chi connectivity index (χ0v) is 28.7. The van der Waals surface area contributed by atoms with E-state index in [1.165, 1.54) is 0 Å². The number of allylic oxidation sites excluding steroid dienone is 3. The monoisotopic (exact) mass is 654 g/mol. The number of ether oxygens (including phenoxy) is 4. The van der Waals surface area contributed by atoms with Crippen LogP contribution in [0.3, 0.4) is 0 Å². The lowest BCUT2D eigenvalue weighted by molar-refractivity contribution is -0.185. The molecule has 0 saturated carbocycles. The van der Waals surface area contributed by atoms with Gasteiger partial charge < -0.3 is 33.5 Å². The third-order valence-corrected chi connectivity index (χ3v) is 7.27. The minimum Gasteiger partial charge on any atom is -0.461 e. The molecule has 3 rings (SSSR count). The number of piperidine rings is 1. The molecule has 0 bridgehead atoms. The lowest BCUT2D eigenvalue weighted by Crippen LogP contribution is -2.44. The summed E-state index contributed by atoms with van der Waals surface area (Å²) in [6.07, 6.45) is 6.49. The smallest absolute Gasteiger partial charge is 0.351 e. The average molecular weight is 655 g/mol. The molecule has 1 aromatic carbocycles. The first-order valence-corrected chi connectivity index (χ1v) is 16.1. The molecule has 1 aliphatic heterocycles. The van der Waals surface area contributed by atoms with Gasteiger partial charge in [0.05, 0.1) is 12.5 Å². The normalized spacial score (nSPS) is 16.2. The molecule has 0 spiro atoms. The molecule has 11 nitrogen and oxygen atoms in total. The van der Waals surface area contributed by atoms with Crippen LogP contribution in [0.2, 0.25) is 0 Å². The van der Waals surface area contributed by atoms with E-state index in [9.17, 15) is 24.0 Å². The predicted octanol–water partition coefficient (Wildman–Crippen LogP) is 4.55. The van der Waals surface area contributed by atoms with Crippen molar-refractivity contribution >= 4 is 30.1 Å². The van der Waals surface area contributed by atoms with E-state index in [0.29, 0.717) is 50.8 Å². The number of hydrogen-bond acceptors (Lipinski definition) is 10. The van der Waals surface area contributed by atoms with E-state index in [2.05, 4.69) is 0 Å². The number of carbonyl (C=O) groups is 5. The Morgan fingerprint density at radius 2 is 1.72 bits per heavy atom. The van der Waals surface area contributed by atoms with Gasteiger partial charge in [0.15, 0.2) is 12.4 Å². The quantitative estimate of drug-likeness (QED) is 0.170. The maximum atomic E-state index is 13.3. The maximum Gasteiger partial charge on any atom is 0.351 e. The zero-order valence-electron chi connectivity index (χ0n) is 28.7. The SMILES string of the molecule is CC.CC(=O)O[C@@H](C(=O)OC(C)(C)C)[C@H](C=O)OCCN(C)C1=CC=CC(C(=O)N2CCC(C(=O)OCc3ccccc3)CC2)=CC1. The van der Waals surface area contributed by atoms with Gasteiger partial charge in [0.2, 0.25) is 6.10 Å². The fraction of sp³-hybridized carbons (Fsp3) is 0.528. The summed E-state index contributed by atoms with van der Waals surface area (Å²) in [5, 5.41) is 0. The Kier molecular flexibility index (Phi) is 16.1. The van der Waals surface area contributed by atoms with Crippen molar-refractivity contribution in [3.8, 4) is 0 Å². The third-order valence-electron chi connectivity index (χ3n) is 7.27. The molecule has 0 N–H and O–H groups in total. The lowest BCUT2D eigenvalue weighted by Gasteiger charge is -2.31. The Balaban J connectivity index is 0.00000376. The number of amides is 1. The first kappa shape index (κ1) is 38.9. The van der Waals surface area contributed by atoms with E-state index < -0.39 is 29.7 Å². The molecule has 1 heterocycles. The van der Waals surface area contributed by atoms with E-state index in [0.717, 1.165) is 18.2 Å². The van der Waals surface area contributed by atoms with Crippen molar-refractivity contribution in [2.45, 2.75) is 85.2 Å². The van der Waals surface area contributed by atoms with Gasteiger partial charge in [-0.25, -0.2) is 4.79 Å². The van der Waals surface area contributed by atoms with Crippen LogP contribution >= 0.6 is 0 Å². The van der Waals surface area contributed by atoms with Crippen LogP contribution in [-0.4, -0.2) is 91.0 Å². The van der Waals surface area contributed by atoms with E-state index >= 15 is 0 Å². The topological polar surface area (TPSA) is 129 Å². The van der Waals surface area contributed by atoms with Crippen LogP contribution in [0.15, 0.2) is 65.9 Å². The third kappa shape index (κ3) is 13.2. The predicted molar refractivity (Wildman–Crippen MR) is 177 cm³/mol. The van der Waals surface area contributed by atoms with Crippen molar-refractivity contribution in [1.29, 1.82) is 0 Å². The number of carbonyl (C=O) groups excluding carboxylic acids is 5. The molecule has 1 saturated heterocycles. The van der Waals surface area contributed by atoms with Crippen LogP contribution in [0.1, 0.15) is 66.4 Å². The van der Waals surface area contributed by atoms with Gasteiger partial charge in [-0.1, -0.05) is 56.3 Å². The van der Waals surface area contributed by atoms with E-state index in [1.807, 2.05) is 74.4 Å². The summed E-state index contributed by atoms with van der Waals surface area (Å²) in [7, 11) is 1.85. The van der Waals surface area contributed by atoms with Gasteiger partial charge in [-0.15, -0.1) is 0 Å². The van der Waals surface area contributed by atoms with E-state index in [1.54, 1.807) is 31.7 Å². The molecule has 2 atom stereocenters. The number of rotatable bonds is 13. The Bertz CT molecular complexity index is 1290. The minimum absolute atomic E-state index is 0.0553. The second-order valence-electron chi connectivity index (χ2n) is 12.0. The van der Waals surface area contributed by atoms with Crippen LogP contribution in [0.4, 0.5) is 0 Å². The number of benzene rings is 1. The van der Waals surface area contributed by atoms with E-state index in [4.69, 9.17) is 18.9 Å². The molecule has 1 aliphatic carbocycles. The van der Waals surface area contributed by atoms with Crippen molar-refractivity contribution in [3.63, 3.8) is 0 Å². The standard InChI is InChI=1S/C34H44N2O9.C2H6/c1-24(38)44-30(33(41)45-34(2,3)4)29(22-37)42-21-20-35(5)28-13-9-12-26(14-15-28)31(39)36-18-16-27(17-19-36)32(40)43-23-25-10-7-6-8-11-25;1-2/h6-14,22,27,29-30H,15-21,23H2,1-5H3;1-2H3/t29-,30+;/m0./s1. The molecule has 0 aromatic heterocycles. The second-order valence-corrected chi connectivity index (χ2v) is 12.0. The van der Waals surface area contributed by atoms with Gasteiger partial charge in [-0.3, -0.25) is 14.4 Å². The van der Waals surface area contributed by atoms with Gasteiger partial charge >= 0.3 is 17.9 Å². The van der Waals surface area contributed by atoms with Gasteiger partial charge in [0, 0.05) is 51.3 Å². The van der Waals surface area contributed by atoms with Crippen LogP contribution in [0.25, 0.3) is 0 Å². The molecule has 1 amide bonds. The molecule has 2 aliphatic rings. The van der Waals surface area contributed by atoms with Crippen LogP contribution in [-0.2, 0) is 49.5 Å². The lowest BCUT2D eigenvalue weighted by atomic mass is 9.96. The maximum absolute atomic E-state index is 13.3. The van der Waals surface area contributed by atoms with E-state index in [-0.39, 0.29) is 31.0 Å². The Morgan fingerprint density at radius 1 is 1.06 bits per heavy atom. The van der Waals surface area contributed by atoms with Crippen molar-refractivity contribution < 1.29 is 42.9 Å². The Morgan fingerprint density at radius 3 is 2.32 bits per heavy atom. The Hall–Kier alpha value is -4.25. The number of nitrogens with zero attached hydrogens (tertiary/aromatic N) is 2. The molecular formula is C36H50N2O9. The highest BCUT2D eigenvalue weighted by atomic mass is 16.6. The summed E-state index contributed by atoms with van der Waals surface area (Å²) in [6, 6.07) is 9.54. The number of likely N-dealkylation sites (N-methyl/N-ethyl adjacent to an activating group) is 1. The van der Waals surface area contributed by atoms with Crippen LogP contribution in [0, 0.1) is 5.92 Å². The number of aldehydes is 1. The number of hydrogen-bond donors (Lipinski definition) is 0. The highest BCUT2D eigenvalue weighted by molar-refractivity contribution is 5.96. The average Bonchev–Trinajstić information content (AvgIpc) is 3.31. The summed E-state index contributed by atoms with van der Waals surface area (Å²) >= 11 is 0. The first-order valence-electron chi connectivity index (χ1n) is 16.1. The summed E-state index contributed by atoms with van der Waals surface area (Å²) < 4.78 is 21.5. The summed E-state index contributed by atoms with van der Waals surface area (Å²) in [5.74, 6) is -2.15. The van der Waals surface area contributed by atoms with Gasteiger partial charge in [-0.2, -0.15) is 0 Å². The van der Waals surface area contributed by atoms with Crippen molar-refractivity contribution in [3.05, 3.63) is 71.5 Å². The van der Waals surface area contributed by atoms with Crippen molar-refractivity contribution in [2.75, 3.05) is 33.3 Å². The second kappa shape index (κ2) is 19.4. The fourth-order valence-electron chi connectivity index (χ4n) is 4.86. The first-order chi connectivity index (χ1) is 22.4. The summed E-state index contributed by atoms with van der Waals surface area (Å²) in [4.78, 5) is 65.4. The molecule has 0 unspecified atom stereocenters. The van der Waals surface area contributed by atoms with Crippen LogP contribution in [0.5, 0.6) is 0 Å². The number of likely N-dealkylation sites (tertiary alicyclic amines) is 1. The fourth-order valence-corrected chi connectivity index (χ4v) is 4.86. The highest BCUT2D eigenvalue weighted by Crippen LogP contribution is 2.23. The zero-order chi connectivity index (χ0) is 35.0. The molecule has 1 fully saturated rings. The van der Waals surface area contributed by atoms with Gasteiger partial charge in [-0.05, 0) is 51.3 Å². The van der Waals surface area contributed by atoms with Gasteiger partial charge in [0.1, 0.15) is 12.2 Å². The van der Waals surface area contributed by atoms with Gasteiger partial charge in [0.25, 0.3) is 5.91 Å². The summed E-state index contributed by atoms with van der Waals surface area (Å²) in [6.45, 7) is 11.7. The largest absolute Gasteiger partial charge is 0.461 e. The molecule has 1 aromatic rings. The molecule has 258 valence electrons. The van der Waals surface area contributed by atoms with Crippen molar-refractivity contribution in [2.24, 2.45) is 5.92 Å². The van der Waals surface area contributed by atoms with Crippen LogP contribution < -0.4 is 0 Å². The molecular weight excluding hydrogens is 604 g/mol.